The SMILES string of the molecule is Cc1ccnc(CC(C)N(C)Cc2cnc(N3CCCC3)s2)c1. The van der Waals surface area contributed by atoms with Crippen LogP contribution in [-0.2, 0) is 13.0 Å². The summed E-state index contributed by atoms with van der Waals surface area (Å²) < 4.78 is 0. The largest absolute Gasteiger partial charge is 0.348 e. The van der Waals surface area contributed by atoms with Crippen molar-refractivity contribution in [3.63, 3.8) is 0 Å². The Labute approximate surface area is 143 Å². The van der Waals surface area contributed by atoms with Crippen LogP contribution >= 0.6 is 11.3 Å². The first-order chi connectivity index (χ1) is 11.1. The average molecular weight is 331 g/mol. The van der Waals surface area contributed by atoms with E-state index in [2.05, 4.69) is 52.8 Å². The monoisotopic (exact) mass is 330 g/mol. The third-order valence-electron chi connectivity index (χ3n) is 4.55. The van der Waals surface area contributed by atoms with Crippen molar-refractivity contribution >= 4 is 16.5 Å². The van der Waals surface area contributed by atoms with Gasteiger partial charge in [0.25, 0.3) is 0 Å². The first kappa shape index (κ1) is 16.4. The number of aromatic nitrogens is 2. The normalized spacial score (nSPS) is 16.3. The highest BCUT2D eigenvalue weighted by atomic mass is 32.1. The Kier molecular flexibility index (Phi) is 5.28. The van der Waals surface area contributed by atoms with Crippen molar-refractivity contribution in [2.24, 2.45) is 0 Å². The Morgan fingerprint density at radius 1 is 1.30 bits per heavy atom. The fraction of sp³-hybridized carbons (Fsp3) is 0.556. The van der Waals surface area contributed by atoms with Gasteiger partial charge in [-0.15, -0.1) is 11.3 Å². The number of pyridine rings is 1. The number of hydrogen-bond donors (Lipinski definition) is 0. The maximum Gasteiger partial charge on any atom is 0.185 e. The second kappa shape index (κ2) is 7.41. The van der Waals surface area contributed by atoms with Gasteiger partial charge in [-0.1, -0.05) is 0 Å². The third kappa shape index (κ3) is 4.30. The molecule has 1 fully saturated rings. The minimum absolute atomic E-state index is 0.460. The van der Waals surface area contributed by atoms with E-state index < -0.39 is 0 Å². The molecule has 23 heavy (non-hydrogen) atoms. The Morgan fingerprint density at radius 3 is 2.83 bits per heavy atom. The van der Waals surface area contributed by atoms with E-state index in [1.54, 1.807) is 0 Å². The number of aryl methyl sites for hydroxylation is 1. The minimum atomic E-state index is 0.460. The molecule has 1 aliphatic rings. The summed E-state index contributed by atoms with van der Waals surface area (Å²) in [6.07, 6.45) is 7.54. The first-order valence-electron chi connectivity index (χ1n) is 8.43. The van der Waals surface area contributed by atoms with Gasteiger partial charge in [-0.3, -0.25) is 9.88 Å². The van der Waals surface area contributed by atoms with E-state index in [9.17, 15) is 0 Å². The standard InChI is InChI=1S/C18H26N4S/c1-14-6-7-19-16(10-14)11-15(2)21(3)13-17-12-20-18(23-17)22-8-4-5-9-22/h6-7,10,12,15H,4-5,8-9,11,13H2,1-3H3. The van der Waals surface area contributed by atoms with Crippen LogP contribution in [0.1, 0.15) is 35.9 Å². The predicted octanol–water partition coefficient (Wildman–Crippen LogP) is 3.51. The van der Waals surface area contributed by atoms with Crippen LogP contribution in [0.15, 0.2) is 24.5 Å². The molecule has 0 aliphatic carbocycles. The lowest BCUT2D eigenvalue weighted by Gasteiger charge is -2.23. The van der Waals surface area contributed by atoms with Gasteiger partial charge in [0, 0.05) is 55.1 Å². The predicted molar refractivity (Wildman–Crippen MR) is 97.2 cm³/mol. The lowest BCUT2D eigenvalue weighted by molar-refractivity contribution is 0.249. The zero-order valence-corrected chi connectivity index (χ0v) is 15.1. The van der Waals surface area contributed by atoms with Crippen molar-refractivity contribution in [1.82, 2.24) is 14.9 Å². The molecule has 0 aromatic carbocycles. The van der Waals surface area contributed by atoms with E-state index in [1.165, 1.54) is 34.1 Å². The molecule has 0 radical (unpaired) electrons. The van der Waals surface area contributed by atoms with Gasteiger partial charge in [-0.05, 0) is 51.4 Å². The summed E-state index contributed by atoms with van der Waals surface area (Å²) in [5.41, 5.74) is 2.45. The number of nitrogens with zero attached hydrogens (tertiary/aromatic N) is 4. The molecule has 2 aromatic rings. The summed E-state index contributed by atoms with van der Waals surface area (Å²) in [6.45, 7) is 7.68. The van der Waals surface area contributed by atoms with E-state index in [0.29, 0.717) is 6.04 Å². The summed E-state index contributed by atoms with van der Waals surface area (Å²) in [4.78, 5) is 15.2. The molecular formula is C18H26N4S. The zero-order valence-electron chi connectivity index (χ0n) is 14.3. The molecule has 2 aromatic heterocycles. The molecule has 0 bridgehead atoms. The Morgan fingerprint density at radius 2 is 2.09 bits per heavy atom. The molecular weight excluding hydrogens is 304 g/mol. The van der Waals surface area contributed by atoms with Gasteiger partial charge in [0.2, 0.25) is 0 Å². The number of anilines is 1. The number of hydrogen-bond acceptors (Lipinski definition) is 5. The smallest absolute Gasteiger partial charge is 0.185 e. The molecule has 3 rings (SSSR count). The van der Waals surface area contributed by atoms with Gasteiger partial charge in [0.15, 0.2) is 5.13 Å². The van der Waals surface area contributed by atoms with Crippen LogP contribution in [0.25, 0.3) is 0 Å². The molecule has 4 nitrogen and oxygen atoms in total. The van der Waals surface area contributed by atoms with Crippen LogP contribution in [-0.4, -0.2) is 41.0 Å². The molecule has 124 valence electrons. The van der Waals surface area contributed by atoms with Crippen molar-refractivity contribution in [1.29, 1.82) is 0 Å². The van der Waals surface area contributed by atoms with Crippen molar-refractivity contribution in [3.8, 4) is 0 Å². The van der Waals surface area contributed by atoms with Gasteiger partial charge in [0.1, 0.15) is 0 Å². The molecule has 1 aliphatic heterocycles. The van der Waals surface area contributed by atoms with Crippen molar-refractivity contribution < 1.29 is 0 Å². The Bertz CT molecular complexity index is 633. The van der Waals surface area contributed by atoms with Gasteiger partial charge in [-0.25, -0.2) is 4.98 Å². The summed E-state index contributed by atoms with van der Waals surface area (Å²) in [5.74, 6) is 0. The van der Waals surface area contributed by atoms with E-state index in [-0.39, 0.29) is 0 Å². The molecule has 1 atom stereocenters. The lowest BCUT2D eigenvalue weighted by atomic mass is 10.1. The van der Waals surface area contributed by atoms with Crippen LogP contribution in [0.2, 0.25) is 0 Å². The Hall–Kier alpha value is -1.46. The lowest BCUT2D eigenvalue weighted by Crippen LogP contribution is -2.30. The van der Waals surface area contributed by atoms with Crippen LogP contribution in [0.5, 0.6) is 0 Å². The number of rotatable bonds is 6. The van der Waals surface area contributed by atoms with Crippen LogP contribution < -0.4 is 4.90 Å². The molecule has 3 heterocycles. The van der Waals surface area contributed by atoms with Crippen molar-refractivity contribution in [2.45, 2.75) is 45.7 Å². The fourth-order valence-corrected chi connectivity index (χ4v) is 4.02. The average Bonchev–Trinajstić information content (AvgIpc) is 3.17. The summed E-state index contributed by atoms with van der Waals surface area (Å²) in [5, 5.41) is 1.19. The third-order valence-corrected chi connectivity index (χ3v) is 5.60. The van der Waals surface area contributed by atoms with Crippen LogP contribution in [0.4, 0.5) is 5.13 Å². The van der Waals surface area contributed by atoms with Gasteiger partial charge < -0.3 is 4.90 Å². The highest BCUT2D eigenvalue weighted by Crippen LogP contribution is 2.26. The zero-order chi connectivity index (χ0) is 16.2. The fourth-order valence-electron chi connectivity index (χ4n) is 3.00. The second-order valence-corrected chi connectivity index (χ2v) is 7.69. The van der Waals surface area contributed by atoms with E-state index in [0.717, 1.165) is 26.1 Å². The highest BCUT2D eigenvalue weighted by molar-refractivity contribution is 7.15. The second-order valence-electron chi connectivity index (χ2n) is 6.60. The van der Waals surface area contributed by atoms with E-state index >= 15 is 0 Å². The summed E-state index contributed by atoms with van der Waals surface area (Å²) >= 11 is 1.84. The van der Waals surface area contributed by atoms with Crippen molar-refractivity contribution in [2.75, 3.05) is 25.0 Å². The molecule has 5 heteroatoms. The van der Waals surface area contributed by atoms with E-state index in [4.69, 9.17) is 0 Å². The van der Waals surface area contributed by atoms with Crippen molar-refractivity contribution in [3.05, 3.63) is 40.7 Å². The highest BCUT2D eigenvalue weighted by Gasteiger charge is 2.17. The number of likely N-dealkylation sites (N-methyl/N-ethyl adjacent to an activating group) is 1. The molecule has 0 spiro atoms. The maximum absolute atomic E-state index is 4.61. The molecule has 0 N–H and O–H groups in total. The van der Waals surface area contributed by atoms with Crippen LogP contribution in [0, 0.1) is 6.92 Å². The number of thiazole rings is 1. The molecule has 1 saturated heterocycles. The van der Waals surface area contributed by atoms with Gasteiger partial charge >= 0.3 is 0 Å². The van der Waals surface area contributed by atoms with Gasteiger partial charge in [-0.2, -0.15) is 0 Å². The van der Waals surface area contributed by atoms with E-state index in [1.807, 2.05) is 23.7 Å². The molecule has 1 unspecified atom stereocenters. The molecule has 0 saturated carbocycles. The minimum Gasteiger partial charge on any atom is -0.348 e. The van der Waals surface area contributed by atoms with Crippen LogP contribution in [0.3, 0.4) is 0 Å². The van der Waals surface area contributed by atoms with Gasteiger partial charge in [0.05, 0.1) is 0 Å². The maximum atomic E-state index is 4.61. The quantitative estimate of drug-likeness (QED) is 0.811. The Balaban J connectivity index is 1.56. The topological polar surface area (TPSA) is 32.3 Å². The molecule has 0 amide bonds. The first-order valence-corrected chi connectivity index (χ1v) is 9.25. The summed E-state index contributed by atoms with van der Waals surface area (Å²) in [7, 11) is 2.19. The summed E-state index contributed by atoms with van der Waals surface area (Å²) in [6, 6.07) is 4.69.